The quantitative estimate of drug-likeness (QED) is 0.854. The smallest absolute Gasteiger partial charge is 0.259 e. The monoisotopic (exact) mass is 357 g/mol. The van der Waals surface area contributed by atoms with Crippen LogP contribution in [-0.2, 0) is 4.74 Å². The van der Waals surface area contributed by atoms with Crippen LogP contribution in [-0.4, -0.2) is 51.4 Å². The zero-order valence-corrected chi connectivity index (χ0v) is 15.4. The van der Waals surface area contributed by atoms with E-state index >= 15 is 0 Å². The lowest BCUT2D eigenvalue weighted by molar-refractivity contribution is -0.0256. The van der Waals surface area contributed by atoms with Gasteiger partial charge in [-0.2, -0.15) is 5.10 Å². The van der Waals surface area contributed by atoms with Crippen molar-refractivity contribution in [1.82, 2.24) is 24.6 Å². The first kappa shape index (κ1) is 17.4. The molecule has 0 spiro atoms. The highest BCUT2D eigenvalue weighted by Gasteiger charge is 2.28. The number of aromatic amines is 1. The minimum atomic E-state index is -0.137. The Kier molecular flexibility index (Phi) is 5.17. The third-order valence-electron chi connectivity index (χ3n) is 5.43. The summed E-state index contributed by atoms with van der Waals surface area (Å²) < 4.78 is 7.92. The second kappa shape index (κ2) is 7.72. The highest BCUT2D eigenvalue weighted by atomic mass is 16.5. The van der Waals surface area contributed by atoms with Crippen LogP contribution >= 0.6 is 0 Å². The van der Waals surface area contributed by atoms with Gasteiger partial charge in [0.25, 0.3) is 5.56 Å². The molecular formula is C19H27N5O2. The van der Waals surface area contributed by atoms with Gasteiger partial charge in [-0.3, -0.25) is 4.79 Å². The molecule has 2 fully saturated rings. The molecule has 2 aromatic rings. The van der Waals surface area contributed by atoms with Crippen LogP contribution in [0.4, 0.5) is 0 Å². The molecule has 1 unspecified atom stereocenters. The Hall–Kier alpha value is -1.99. The zero-order chi connectivity index (χ0) is 17.9. The fourth-order valence-electron chi connectivity index (χ4n) is 3.95. The Morgan fingerprint density at radius 1 is 1.23 bits per heavy atom. The molecule has 1 aliphatic heterocycles. The molecule has 1 atom stereocenters. The van der Waals surface area contributed by atoms with Crippen LogP contribution in [0.15, 0.2) is 23.1 Å². The average molecular weight is 357 g/mol. The van der Waals surface area contributed by atoms with Gasteiger partial charge in [0.1, 0.15) is 6.10 Å². The van der Waals surface area contributed by atoms with Crippen LogP contribution in [0, 0.1) is 0 Å². The van der Waals surface area contributed by atoms with Gasteiger partial charge in [0.15, 0.2) is 11.6 Å². The van der Waals surface area contributed by atoms with Gasteiger partial charge in [-0.15, -0.1) is 0 Å². The summed E-state index contributed by atoms with van der Waals surface area (Å²) in [5.41, 5.74) is 0.461. The summed E-state index contributed by atoms with van der Waals surface area (Å²) in [6.07, 6.45) is 8.64. The van der Waals surface area contributed by atoms with E-state index in [9.17, 15) is 4.79 Å². The highest BCUT2D eigenvalue weighted by molar-refractivity contribution is 5.53. The third kappa shape index (κ3) is 3.59. The molecule has 26 heavy (non-hydrogen) atoms. The number of rotatable bonds is 3. The molecule has 2 aromatic heterocycles. The van der Waals surface area contributed by atoms with Crippen LogP contribution in [0.25, 0.3) is 11.4 Å². The number of aromatic nitrogens is 4. The molecule has 7 heteroatoms. The van der Waals surface area contributed by atoms with Crippen LogP contribution in [0.2, 0.25) is 0 Å². The minimum absolute atomic E-state index is 0.122. The lowest BCUT2D eigenvalue weighted by atomic mass is 10.1. The van der Waals surface area contributed by atoms with Gasteiger partial charge in [-0.1, -0.05) is 25.7 Å². The highest BCUT2D eigenvalue weighted by Crippen LogP contribution is 2.31. The molecule has 1 saturated heterocycles. The van der Waals surface area contributed by atoms with Gasteiger partial charge in [0.05, 0.1) is 18.2 Å². The van der Waals surface area contributed by atoms with Crippen LogP contribution in [0.5, 0.6) is 0 Å². The molecule has 0 radical (unpaired) electrons. The Bertz CT molecular complexity index is 791. The van der Waals surface area contributed by atoms with E-state index in [2.05, 4.69) is 16.9 Å². The SMILES string of the molecule is CN1CCOC(c2nc(-c3ccc[nH]c3=O)n(C3CCCCCC3)n2)C1. The topological polar surface area (TPSA) is 76.0 Å². The van der Waals surface area contributed by atoms with Crippen molar-refractivity contribution in [3.63, 3.8) is 0 Å². The van der Waals surface area contributed by atoms with Gasteiger partial charge in [0.2, 0.25) is 0 Å². The van der Waals surface area contributed by atoms with E-state index in [1.807, 2.05) is 16.8 Å². The molecule has 0 bridgehead atoms. The van der Waals surface area contributed by atoms with E-state index in [0.29, 0.717) is 29.9 Å². The predicted octanol–water partition coefficient (Wildman–Crippen LogP) is 2.53. The maximum Gasteiger partial charge on any atom is 0.259 e. The van der Waals surface area contributed by atoms with E-state index in [4.69, 9.17) is 14.8 Å². The second-order valence-corrected chi connectivity index (χ2v) is 7.42. The van der Waals surface area contributed by atoms with E-state index in [0.717, 1.165) is 25.9 Å². The Morgan fingerprint density at radius 3 is 2.77 bits per heavy atom. The number of likely N-dealkylation sites (N-methyl/N-ethyl adjacent to an activating group) is 1. The first-order valence-corrected chi connectivity index (χ1v) is 9.67. The van der Waals surface area contributed by atoms with E-state index < -0.39 is 0 Å². The molecule has 0 aromatic carbocycles. The molecule has 140 valence electrons. The van der Waals surface area contributed by atoms with Crippen LogP contribution in [0.3, 0.4) is 0 Å². The lowest BCUT2D eigenvalue weighted by Crippen LogP contribution is -2.35. The van der Waals surface area contributed by atoms with Crippen LogP contribution in [0.1, 0.15) is 56.5 Å². The van der Waals surface area contributed by atoms with Gasteiger partial charge >= 0.3 is 0 Å². The van der Waals surface area contributed by atoms with E-state index in [-0.39, 0.29) is 11.7 Å². The van der Waals surface area contributed by atoms with Gasteiger partial charge in [0, 0.05) is 19.3 Å². The molecule has 4 rings (SSSR count). The maximum atomic E-state index is 12.4. The minimum Gasteiger partial charge on any atom is -0.367 e. The summed E-state index contributed by atoms with van der Waals surface area (Å²) in [4.78, 5) is 22.2. The van der Waals surface area contributed by atoms with Gasteiger partial charge < -0.3 is 14.6 Å². The number of ether oxygens (including phenoxy) is 1. The van der Waals surface area contributed by atoms with Gasteiger partial charge in [-0.05, 0) is 32.0 Å². The average Bonchev–Trinajstić information content (AvgIpc) is 2.90. The summed E-state index contributed by atoms with van der Waals surface area (Å²) in [6, 6.07) is 3.97. The molecule has 1 N–H and O–H groups in total. The summed E-state index contributed by atoms with van der Waals surface area (Å²) in [5, 5.41) is 4.85. The molecular weight excluding hydrogens is 330 g/mol. The summed E-state index contributed by atoms with van der Waals surface area (Å²) in [5.74, 6) is 1.37. The van der Waals surface area contributed by atoms with Crippen LogP contribution < -0.4 is 5.56 Å². The Labute approximate surface area is 153 Å². The van der Waals surface area contributed by atoms with Crippen molar-refractivity contribution in [2.75, 3.05) is 26.7 Å². The number of morpholine rings is 1. The molecule has 3 heterocycles. The third-order valence-corrected chi connectivity index (χ3v) is 5.43. The van der Waals surface area contributed by atoms with Crippen molar-refractivity contribution in [1.29, 1.82) is 0 Å². The number of hydrogen-bond acceptors (Lipinski definition) is 5. The number of nitrogens with zero attached hydrogens (tertiary/aromatic N) is 4. The second-order valence-electron chi connectivity index (χ2n) is 7.42. The van der Waals surface area contributed by atoms with Crippen molar-refractivity contribution in [3.8, 4) is 11.4 Å². The van der Waals surface area contributed by atoms with E-state index in [1.54, 1.807) is 6.20 Å². The van der Waals surface area contributed by atoms with Gasteiger partial charge in [-0.25, -0.2) is 9.67 Å². The largest absolute Gasteiger partial charge is 0.367 e. The van der Waals surface area contributed by atoms with Crippen molar-refractivity contribution >= 4 is 0 Å². The fraction of sp³-hybridized carbons (Fsp3) is 0.632. The molecule has 0 amide bonds. The van der Waals surface area contributed by atoms with Crippen molar-refractivity contribution in [2.45, 2.75) is 50.7 Å². The number of hydrogen-bond donors (Lipinski definition) is 1. The molecule has 7 nitrogen and oxygen atoms in total. The zero-order valence-electron chi connectivity index (χ0n) is 15.4. The molecule has 1 aliphatic carbocycles. The Balaban J connectivity index is 1.74. The number of nitrogens with one attached hydrogen (secondary N) is 1. The predicted molar refractivity (Wildman–Crippen MR) is 99.0 cm³/mol. The first-order valence-electron chi connectivity index (χ1n) is 9.67. The summed E-state index contributed by atoms with van der Waals surface area (Å²) in [7, 11) is 2.08. The van der Waals surface area contributed by atoms with Crippen molar-refractivity contribution < 1.29 is 4.74 Å². The first-order chi connectivity index (χ1) is 12.7. The number of H-pyrrole nitrogens is 1. The maximum absolute atomic E-state index is 12.4. The normalized spacial score (nSPS) is 23.0. The summed E-state index contributed by atoms with van der Waals surface area (Å²) >= 11 is 0. The lowest BCUT2D eigenvalue weighted by Gasteiger charge is -2.28. The van der Waals surface area contributed by atoms with Crippen molar-refractivity contribution in [3.05, 3.63) is 34.5 Å². The standard InChI is InChI=1S/C19H27N5O2/c1-23-11-12-26-16(13-23)17-21-18(15-9-6-10-20-19(15)25)24(22-17)14-7-4-2-3-5-8-14/h6,9-10,14,16H,2-5,7-8,11-13H2,1H3,(H,20,25). The Morgan fingerprint density at radius 2 is 2.04 bits per heavy atom. The fourth-order valence-corrected chi connectivity index (χ4v) is 3.95. The van der Waals surface area contributed by atoms with E-state index in [1.165, 1.54) is 25.7 Å². The molecule has 2 aliphatic rings. The number of pyridine rings is 1. The van der Waals surface area contributed by atoms with Crippen molar-refractivity contribution in [2.24, 2.45) is 0 Å². The molecule has 1 saturated carbocycles. The summed E-state index contributed by atoms with van der Waals surface area (Å²) in [6.45, 7) is 2.38.